The highest BCUT2D eigenvalue weighted by atomic mass is 32.2. The Labute approximate surface area is 71.4 Å². The number of hydrogen-bond donors (Lipinski definition) is 1. The minimum absolute atomic E-state index is 0.263. The Morgan fingerprint density at radius 3 is 2.33 bits per heavy atom. The molecule has 0 aromatic heterocycles. The molecule has 0 bridgehead atoms. The van der Waals surface area contributed by atoms with Gasteiger partial charge in [-0.1, -0.05) is 6.92 Å². The van der Waals surface area contributed by atoms with Gasteiger partial charge in [-0.3, -0.25) is 0 Å². The van der Waals surface area contributed by atoms with E-state index < -0.39 is 9.73 Å². The Balaban J connectivity index is 3.14. The van der Waals surface area contributed by atoms with Crippen molar-refractivity contribution >= 4 is 9.73 Å². The SMILES string of the molecule is CC[S@@](=N)(=O)c1ccc(F)cc1. The van der Waals surface area contributed by atoms with E-state index >= 15 is 0 Å². The van der Waals surface area contributed by atoms with Gasteiger partial charge in [-0.25, -0.2) is 13.4 Å². The Kier molecular flexibility index (Phi) is 2.47. The zero-order valence-corrected chi connectivity index (χ0v) is 7.53. The summed E-state index contributed by atoms with van der Waals surface area (Å²) in [4.78, 5) is 0.395. The minimum Gasteiger partial charge on any atom is -0.249 e. The molecule has 0 fully saturated rings. The van der Waals surface area contributed by atoms with Gasteiger partial charge in [0, 0.05) is 10.6 Å². The van der Waals surface area contributed by atoms with E-state index in [1.807, 2.05) is 0 Å². The largest absolute Gasteiger partial charge is 0.249 e. The first-order valence-corrected chi connectivity index (χ1v) is 5.31. The van der Waals surface area contributed by atoms with Gasteiger partial charge in [0.1, 0.15) is 5.82 Å². The van der Waals surface area contributed by atoms with Crippen molar-refractivity contribution in [3.05, 3.63) is 30.1 Å². The lowest BCUT2D eigenvalue weighted by Gasteiger charge is -2.02. The molecule has 0 radical (unpaired) electrons. The van der Waals surface area contributed by atoms with Crippen LogP contribution in [-0.2, 0) is 9.73 Å². The van der Waals surface area contributed by atoms with Crippen LogP contribution in [0.15, 0.2) is 29.2 Å². The number of benzene rings is 1. The first-order chi connectivity index (χ1) is 5.56. The van der Waals surface area contributed by atoms with Gasteiger partial charge in [0.2, 0.25) is 0 Å². The van der Waals surface area contributed by atoms with Gasteiger partial charge in [-0.15, -0.1) is 0 Å². The molecule has 1 atom stereocenters. The molecule has 0 aliphatic heterocycles. The molecule has 0 saturated carbocycles. The van der Waals surface area contributed by atoms with E-state index in [1.165, 1.54) is 24.3 Å². The van der Waals surface area contributed by atoms with Crippen LogP contribution in [0.2, 0.25) is 0 Å². The van der Waals surface area contributed by atoms with Crippen LogP contribution in [-0.4, -0.2) is 9.96 Å². The average Bonchev–Trinajstić information content (AvgIpc) is 2.05. The molecule has 4 heteroatoms. The lowest BCUT2D eigenvalue weighted by atomic mass is 10.4. The van der Waals surface area contributed by atoms with Gasteiger partial charge in [-0.2, -0.15) is 0 Å². The van der Waals surface area contributed by atoms with Crippen LogP contribution in [0.25, 0.3) is 0 Å². The van der Waals surface area contributed by atoms with Crippen LogP contribution >= 0.6 is 0 Å². The third-order valence-corrected chi connectivity index (χ3v) is 3.45. The Morgan fingerprint density at radius 1 is 1.42 bits per heavy atom. The maximum absolute atomic E-state index is 12.4. The molecule has 0 spiro atoms. The van der Waals surface area contributed by atoms with Gasteiger partial charge < -0.3 is 0 Å². The summed E-state index contributed by atoms with van der Waals surface area (Å²) in [6, 6.07) is 5.24. The monoisotopic (exact) mass is 187 g/mol. The molecule has 66 valence electrons. The molecule has 1 rings (SSSR count). The maximum Gasteiger partial charge on any atom is 0.123 e. The normalized spacial score (nSPS) is 15.5. The number of rotatable bonds is 2. The maximum atomic E-state index is 12.4. The van der Waals surface area contributed by atoms with E-state index in [9.17, 15) is 8.60 Å². The van der Waals surface area contributed by atoms with Crippen LogP contribution in [0.5, 0.6) is 0 Å². The quantitative estimate of drug-likeness (QED) is 0.758. The van der Waals surface area contributed by atoms with Gasteiger partial charge in [0.05, 0.1) is 9.73 Å². The molecule has 1 N–H and O–H groups in total. The van der Waals surface area contributed by atoms with Crippen LogP contribution < -0.4 is 0 Å². The first kappa shape index (κ1) is 9.19. The zero-order valence-electron chi connectivity index (χ0n) is 6.71. The second kappa shape index (κ2) is 3.23. The smallest absolute Gasteiger partial charge is 0.123 e. The highest BCUT2D eigenvalue weighted by Crippen LogP contribution is 2.11. The summed E-state index contributed by atoms with van der Waals surface area (Å²) in [7, 11) is -2.68. The summed E-state index contributed by atoms with van der Waals surface area (Å²) in [6.07, 6.45) is 0. The zero-order chi connectivity index (χ0) is 9.19. The summed E-state index contributed by atoms with van der Waals surface area (Å²) in [5.74, 6) is -0.108. The van der Waals surface area contributed by atoms with Gasteiger partial charge in [-0.05, 0) is 24.3 Å². The van der Waals surface area contributed by atoms with E-state index in [0.717, 1.165) is 0 Å². The molecule has 0 unspecified atom stereocenters. The minimum atomic E-state index is -2.68. The topological polar surface area (TPSA) is 40.9 Å². The van der Waals surface area contributed by atoms with Crippen molar-refractivity contribution < 1.29 is 8.60 Å². The van der Waals surface area contributed by atoms with E-state index in [1.54, 1.807) is 6.92 Å². The predicted octanol–water partition coefficient (Wildman–Crippen LogP) is 2.25. The third kappa shape index (κ3) is 1.82. The molecule has 1 aromatic carbocycles. The number of hydrogen-bond acceptors (Lipinski definition) is 2. The standard InChI is InChI=1S/C8H10FNOS/c1-2-12(10,11)8-5-3-7(9)4-6-8/h3-6,10H,2H2,1H3/t12-/m1/s1. The van der Waals surface area contributed by atoms with Crippen molar-refractivity contribution in [2.75, 3.05) is 5.75 Å². The highest BCUT2D eigenvalue weighted by Gasteiger charge is 2.05. The third-order valence-electron chi connectivity index (χ3n) is 1.60. The molecule has 0 aliphatic rings. The summed E-state index contributed by atoms with van der Waals surface area (Å²) < 4.78 is 31.2. The molecular formula is C8H10FNOS. The van der Waals surface area contributed by atoms with Crippen molar-refractivity contribution in [1.29, 1.82) is 4.78 Å². The van der Waals surface area contributed by atoms with Crippen LogP contribution in [0, 0.1) is 10.6 Å². The fraction of sp³-hybridized carbons (Fsp3) is 0.250. The second-order valence-electron chi connectivity index (χ2n) is 2.42. The summed E-state index contributed by atoms with van der Waals surface area (Å²) in [6.45, 7) is 1.68. The van der Waals surface area contributed by atoms with Crippen molar-refractivity contribution in [3.63, 3.8) is 0 Å². The van der Waals surface area contributed by atoms with Crippen LogP contribution in [0.4, 0.5) is 4.39 Å². The molecule has 12 heavy (non-hydrogen) atoms. The lowest BCUT2D eigenvalue weighted by Crippen LogP contribution is -2.00. The van der Waals surface area contributed by atoms with E-state index in [4.69, 9.17) is 4.78 Å². The lowest BCUT2D eigenvalue weighted by molar-refractivity contribution is 0.626. The predicted molar refractivity (Wildman–Crippen MR) is 46.1 cm³/mol. The Bertz CT molecular complexity index is 355. The van der Waals surface area contributed by atoms with Crippen molar-refractivity contribution in [2.45, 2.75) is 11.8 Å². The van der Waals surface area contributed by atoms with E-state index in [0.29, 0.717) is 4.90 Å². The van der Waals surface area contributed by atoms with Gasteiger partial charge in [0.15, 0.2) is 0 Å². The molecule has 2 nitrogen and oxygen atoms in total. The number of nitrogens with one attached hydrogen (secondary N) is 1. The number of halogens is 1. The van der Waals surface area contributed by atoms with E-state index in [-0.39, 0.29) is 11.6 Å². The van der Waals surface area contributed by atoms with Gasteiger partial charge in [0.25, 0.3) is 0 Å². The molecule has 0 saturated heterocycles. The summed E-state index contributed by atoms with van der Waals surface area (Å²) in [5.41, 5.74) is 0. The summed E-state index contributed by atoms with van der Waals surface area (Å²) >= 11 is 0. The molecular weight excluding hydrogens is 177 g/mol. The van der Waals surface area contributed by atoms with Crippen molar-refractivity contribution in [2.24, 2.45) is 0 Å². The first-order valence-electron chi connectivity index (χ1n) is 3.58. The highest BCUT2D eigenvalue weighted by molar-refractivity contribution is 7.92. The summed E-state index contributed by atoms with van der Waals surface area (Å²) in [5, 5.41) is 0. The fourth-order valence-corrected chi connectivity index (χ4v) is 1.73. The Hall–Kier alpha value is -0.900. The molecule has 0 amide bonds. The van der Waals surface area contributed by atoms with Crippen LogP contribution in [0.1, 0.15) is 6.92 Å². The van der Waals surface area contributed by atoms with Gasteiger partial charge >= 0.3 is 0 Å². The molecule has 0 heterocycles. The molecule has 1 aromatic rings. The Morgan fingerprint density at radius 2 is 1.92 bits per heavy atom. The van der Waals surface area contributed by atoms with Crippen molar-refractivity contribution in [1.82, 2.24) is 0 Å². The van der Waals surface area contributed by atoms with Crippen LogP contribution in [0.3, 0.4) is 0 Å². The fourth-order valence-electron chi connectivity index (χ4n) is 0.821. The molecule has 0 aliphatic carbocycles. The second-order valence-corrected chi connectivity index (χ2v) is 4.82. The van der Waals surface area contributed by atoms with Crippen molar-refractivity contribution in [3.8, 4) is 0 Å². The average molecular weight is 187 g/mol. The van der Waals surface area contributed by atoms with E-state index in [2.05, 4.69) is 0 Å².